The van der Waals surface area contributed by atoms with Gasteiger partial charge in [0.05, 0.1) is 10.6 Å². The Labute approximate surface area is 152 Å². The number of hydrogen-bond donors (Lipinski definition) is 0. The first-order chi connectivity index (χ1) is 12.5. The average Bonchev–Trinajstić information content (AvgIpc) is 2.67. The van der Waals surface area contributed by atoms with E-state index in [2.05, 4.69) is 9.88 Å². The number of pyridine rings is 1. The molecule has 8 heteroatoms. The van der Waals surface area contributed by atoms with Gasteiger partial charge in [-0.15, -0.1) is 0 Å². The van der Waals surface area contributed by atoms with Crippen molar-refractivity contribution in [2.45, 2.75) is 11.3 Å². The van der Waals surface area contributed by atoms with E-state index in [1.165, 1.54) is 12.1 Å². The van der Waals surface area contributed by atoms with Crippen LogP contribution >= 0.6 is 0 Å². The molecule has 138 valence electrons. The first kappa shape index (κ1) is 18.3. The van der Waals surface area contributed by atoms with Gasteiger partial charge < -0.3 is 9.80 Å². The van der Waals surface area contributed by atoms with Crippen molar-refractivity contribution >= 4 is 21.4 Å². The predicted molar refractivity (Wildman–Crippen MR) is 94.9 cm³/mol. The Kier molecular flexibility index (Phi) is 5.51. The van der Waals surface area contributed by atoms with Crippen molar-refractivity contribution in [2.75, 3.05) is 36.8 Å². The molecule has 3 rings (SSSR count). The number of hydrogen-bond acceptors (Lipinski definition) is 4. The molecule has 2 heterocycles. The number of H-pyrrole nitrogens is 1. The lowest BCUT2D eigenvalue weighted by Gasteiger charge is -2.35. The van der Waals surface area contributed by atoms with Gasteiger partial charge in [0.15, 0.2) is 22.2 Å². The average molecular weight is 378 g/mol. The van der Waals surface area contributed by atoms with Crippen molar-refractivity contribution < 1.29 is 22.6 Å². The molecular weight excluding hydrogens is 357 g/mol. The largest absolute Gasteiger partial charge is 0.368 e. The number of nitrogens with zero attached hydrogens (tertiary/aromatic N) is 2. The van der Waals surface area contributed by atoms with Gasteiger partial charge in [-0.25, -0.2) is 17.8 Å². The molecule has 0 radical (unpaired) electrons. The summed E-state index contributed by atoms with van der Waals surface area (Å²) in [5.41, 5.74) is 1.09. The summed E-state index contributed by atoms with van der Waals surface area (Å²) in [5.74, 6) is -0.933. The number of amides is 1. The fourth-order valence-electron chi connectivity index (χ4n) is 2.94. The molecule has 1 saturated heterocycles. The second kappa shape index (κ2) is 7.82. The number of aromatic amines is 1. The predicted octanol–water partition coefficient (Wildman–Crippen LogP) is 1.15. The lowest BCUT2D eigenvalue weighted by atomic mass is 10.2. The van der Waals surface area contributed by atoms with E-state index in [4.69, 9.17) is 0 Å². The van der Waals surface area contributed by atoms with Crippen LogP contribution in [0, 0.1) is 5.82 Å². The van der Waals surface area contributed by atoms with Gasteiger partial charge in [-0.2, -0.15) is 0 Å². The van der Waals surface area contributed by atoms with Crippen molar-refractivity contribution in [1.82, 2.24) is 4.90 Å². The number of aromatic nitrogens is 1. The zero-order chi connectivity index (χ0) is 18.6. The molecule has 0 bridgehead atoms. The third-order valence-electron chi connectivity index (χ3n) is 4.46. The number of anilines is 1. The third kappa shape index (κ3) is 4.37. The van der Waals surface area contributed by atoms with Crippen LogP contribution < -0.4 is 9.88 Å². The molecule has 1 aromatic heterocycles. The maximum atomic E-state index is 12.9. The second-order valence-electron chi connectivity index (χ2n) is 6.15. The Morgan fingerprint density at radius 2 is 1.62 bits per heavy atom. The number of carbonyl (C=O) groups is 1. The summed E-state index contributed by atoms with van der Waals surface area (Å²) >= 11 is 0. The molecule has 2 aromatic rings. The summed E-state index contributed by atoms with van der Waals surface area (Å²) in [5, 5.41) is 0. The lowest BCUT2D eigenvalue weighted by molar-refractivity contribution is -0.377. The summed E-state index contributed by atoms with van der Waals surface area (Å²) in [7, 11) is -3.59. The second-order valence-corrected chi connectivity index (χ2v) is 8.26. The van der Waals surface area contributed by atoms with Gasteiger partial charge in [-0.05, 0) is 24.3 Å². The highest BCUT2D eigenvalue weighted by atomic mass is 32.2. The van der Waals surface area contributed by atoms with Crippen LogP contribution in [0.2, 0.25) is 0 Å². The van der Waals surface area contributed by atoms with Crippen molar-refractivity contribution in [1.29, 1.82) is 0 Å². The molecule has 0 spiro atoms. The van der Waals surface area contributed by atoms with Gasteiger partial charge in [0.2, 0.25) is 5.91 Å². The van der Waals surface area contributed by atoms with Crippen LogP contribution in [0.1, 0.15) is 6.42 Å². The summed E-state index contributed by atoms with van der Waals surface area (Å²) in [6.45, 7) is 2.54. The highest BCUT2D eigenvalue weighted by molar-refractivity contribution is 7.91. The Balaban J connectivity index is 1.52. The maximum absolute atomic E-state index is 12.9. The molecule has 0 unspecified atom stereocenters. The minimum atomic E-state index is -3.59. The Morgan fingerprint density at radius 3 is 2.23 bits per heavy atom. The van der Waals surface area contributed by atoms with Gasteiger partial charge in [0.1, 0.15) is 5.82 Å². The van der Waals surface area contributed by atoms with Crippen LogP contribution in [0.3, 0.4) is 0 Å². The highest BCUT2D eigenvalue weighted by Gasteiger charge is 2.23. The van der Waals surface area contributed by atoms with E-state index in [-0.39, 0.29) is 23.0 Å². The Morgan fingerprint density at radius 1 is 1.00 bits per heavy atom. The molecule has 0 saturated carbocycles. The molecule has 1 N–H and O–H groups in total. The molecule has 6 nitrogen and oxygen atoms in total. The van der Waals surface area contributed by atoms with E-state index in [0.717, 1.165) is 17.8 Å². The van der Waals surface area contributed by atoms with Gasteiger partial charge in [0, 0.05) is 50.4 Å². The Bertz CT molecular complexity index is 849. The standard InChI is InChI=1S/C18H20FN3O3S/c19-15-1-3-17(4-2-15)26(24,25)14-7-18(23)22-12-10-21(11-13-22)16-5-8-20-9-6-16/h1-6,8-9H,7,10-14H2/p+1. The van der Waals surface area contributed by atoms with Crippen molar-refractivity contribution in [2.24, 2.45) is 0 Å². The number of sulfone groups is 1. The van der Waals surface area contributed by atoms with Crippen LogP contribution in [0.15, 0.2) is 53.7 Å². The van der Waals surface area contributed by atoms with Crippen molar-refractivity contribution in [3.8, 4) is 0 Å². The van der Waals surface area contributed by atoms with Crippen LogP contribution in [-0.2, 0) is 14.6 Å². The molecule has 1 amide bonds. The first-order valence-corrected chi connectivity index (χ1v) is 10.1. The van der Waals surface area contributed by atoms with E-state index in [0.29, 0.717) is 26.2 Å². The van der Waals surface area contributed by atoms with Crippen LogP contribution in [-0.4, -0.2) is 51.2 Å². The minimum absolute atomic E-state index is 0.0393. The number of halogens is 1. The quantitative estimate of drug-likeness (QED) is 0.732. The molecular formula is C18H21FN3O3S+. The third-order valence-corrected chi connectivity index (χ3v) is 6.19. The topological polar surface area (TPSA) is 71.8 Å². The van der Waals surface area contributed by atoms with Gasteiger partial charge >= 0.3 is 0 Å². The van der Waals surface area contributed by atoms with Gasteiger partial charge in [-0.3, -0.25) is 4.79 Å². The van der Waals surface area contributed by atoms with E-state index in [9.17, 15) is 17.6 Å². The maximum Gasteiger partial charge on any atom is 0.223 e. The zero-order valence-corrected chi connectivity index (χ0v) is 15.1. The van der Waals surface area contributed by atoms with Crippen molar-refractivity contribution in [3.63, 3.8) is 0 Å². The summed E-state index contributed by atoms with van der Waals surface area (Å²) in [6, 6.07) is 8.63. The first-order valence-electron chi connectivity index (χ1n) is 8.43. The molecule has 1 aromatic carbocycles. The molecule has 1 aliphatic rings. The number of nitrogens with one attached hydrogen (secondary N) is 1. The van der Waals surface area contributed by atoms with Gasteiger partial charge in [0.25, 0.3) is 0 Å². The van der Waals surface area contributed by atoms with Crippen LogP contribution in [0.5, 0.6) is 0 Å². The summed E-state index contributed by atoms with van der Waals surface area (Å²) in [6.07, 6.45) is 3.64. The summed E-state index contributed by atoms with van der Waals surface area (Å²) in [4.78, 5) is 19.3. The van der Waals surface area contributed by atoms with Gasteiger partial charge in [-0.1, -0.05) is 0 Å². The van der Waals surface area contributed by atoms with E-state index in [1.54, 1.807) is 4.90 Å². The molecule has 26 heavy (non-hydrogen) atoms. The molecule has 1 aliphatic heterocycles. The smallest absolute Gasteiger partial charge is 0.223 e. The lowest BCUT2D eigenvalue weighted by Crippen LogP contribution is -2.49. The van der Waals surface area contributed by atoms with E-state index < -0.39 is 15.7 Å². The number of carbonyl (C=O) groups excluding carboxylic acids is 1. The van der Waals surface area contributed by atoms with Crippen LogP contribution in [0.4, 0.5) is 10.1 Å². The van der Waals surface area contributed by atoms with Crippen LogP contribution in [0.25, 0.3) is 0 Å². The SMILES string of the molecule is O=C(CCS(=O)(=O)c1ccc(F)cc1)N1CCN(c2cc[nH+]cc2)CC1. The van der Waals surface area contributed by atoms with Crippen molar-refractivity contribution in [3.05, 3.63) is 54.6 Å². The number of rotatable bonds is 5. The Hall–Kier alpha value is -2.48. The number of piperazine rings is 1. The van der Waals surface area contributed by atoms with E-state index in [1.807, 2.05) is 24.5 Å². The monoisotopic (exact) mass is 378 g/mol. The molecule has 0 aliphatic carbocycles. The highest BCUT2D eigenvalue weighted by Crippen LogP contribution is 2.16. The molecule has 1 fully saturated rings. The van der Waals surface area contributed by atoms with E-state index >= 15 is 0 Å². The number of benzene rings is 1. The minimum Gasteiger partial charge on any atom is -0.368 e. The summed E-state index contributed by atoms with van der Waals surface area (Å²) < 4.78 is 37.5. The fourth-order valence-corrected chi connectivity index (χ4v) is 4.17. The molecule has 0 atom stereocenters. The zero-order valence-electron chi connectivity index (χ0n) is 14.3. The normalized spacial score (nSPS) is 15.1. The fraction of sp³-hybridized carbons (Fsp3) is 0.333.